The second kappa shape index (κ2) is 5.67. The van der Waals surface area contributed by atoms with E-state index in [1.54, 1.807) is 18.2 Å². The van der Waals surface area contributed by atoms with Crippen molar-refractivity contribution in [3.05, 3.63) is 35.6 Å². The van der Waals surface area contributed by atoms with E-state index in [0.717, 1.165) is 16.7 Å². The van der Waals surface area contributed by atoms with Crippen molar-refractivity contribution in [1.29, 1.82) is 0 Å². The summed E-state index contributed by atoms with van der Waals surface area (Å²) < 4.78 is 16.1. The molecule has 0 aliphatic rings. The van der Waals surface area contributed by atoms with Gasteiger partial charge in [-0.15, -0.1) is 0 Å². The Hall–Kier alpha value is -1.81. The van der Waals surface area contributed by atoms with Crippen LogP contribution in [0.25, 0.3) is 11.0 Å². The number of carbonyl (C=O) groups is 1. The van der Waals surface area contributed by atoms with Gasteiger partial charge in [-0.25, -0.2) is 4.79 Å². The highest BCUT2D eigenvalue weighted by molar-refractivity contribution is 5.94. The lowest BCUT2D eigenvalue weighted by Crippen LogP contribution is -2.20. The molecule has 0 spiro atoms. The number of hydrogen-bond donors (Lipinski definition) is 0. The first-order chi connectivity index (χ1) is 9.39. The number of esters is 1. The third kappa shape index (κ3) is 3.61. The highest BCUT2D eigenvalue weighted by Crippen LogP contribution is 2.22. The van der Waals surface area contributed by atoms with Crippen LogP contribution >= 0.6 is 0 Å². The van der Waals surface area contributed by atoms with Crippen molar-refractivity contribution in [2.75, 3.05) is 13.7 Å². The van der Waals surface area contributed by atoms with E-state index in [0.29, 0.717) is 18.6 Å². The van der Waals surface area contributed by atoms with E-state index >= 15 is 0 Å². The first kappa shape index (κ1) is 14.6. The Kier molecular flexibility index (Phi) is 4.14. The maximum atomic E-state index is 11.5. The molecule has 0 fully saturated rings. The minimum atomic E-state index is -0.342. The lowest BCUT2D eigenvalue weighted by atomic mass is 10.1. The zero-order valence-electron chi connectivity index (χ0n) is 12.4. The maximum Gasteiger partial charge on any atom is 0.337 e. The van der Waals surface area contributed by atoms with E-state index in [-0.39, 0.29) is 11.6 Å². The van der Waals surface area contributed by atoms with Gasteiger partial charge in [0.15, 0.2) is 0 Å². The summed E-state index contributed by atoms with van der Waals surface area (Å²) in [6, 6.07) is 7.20. The molecule has 0 aliphatic heterocycles. The Morgan fingerprint density at radius 1 is 1.25 bits per heavy atom. The molecule has 0 unspecified atom stereocenters. The first-order valence-electron chi connectivity index (χ1n) is 6.64. The normalized spacial score (nSPS) is 11.8. The first-order valence-corrected chi connectivity index (χ1v) is 6.64. The van der Waals surface area contributed by atoms with Crippen molar-refractivity contribution in [2.24, 2.45) is 0 Å². The summed E-state index contributed by atoms with van der Waals surface area (Å²) in [5, 5.41) is 0.902. The molecular weight excluding hydrogens is 256 g/mol. The molecule has 20 heavy (non-hydrogen) atoms. The van der Waals surface area contributed by atoms with Gasteiger partial charge >= 0.3 is 5.97 Å². The van der Waals surface area contributed by atoms with Crippen LogP contribution in [0.1, 0.15) is 36.9 Å². The van der Waals surface area contributed by atoms with Crippen LogP contribution in [0.3, 0.4) is 0 Å². The van der Waals surface area contributed by atoms with Crippen molar-refractivity contribution in [2.45, 2.75) is 32.8 Å². The van der Waals surface area contributed by atoms with Crippen LogP contribution in [0.5, 0.6) is 0 Å². The molecule has 108 valence electrons. The summed E-state index contributed by atoms with van der Waals surface area (Å²) in [4.78, 5) is 11.5. The van der Waals surface area contributed by atoms with Gasteiger partial charge in [-0.1, -0.05) is 0 Å². The zero-order valence-corrected chi connectivity index (χ0v) is 12.4. The van der Waals surface area contributed by atoms with Gasteiger partial charge in [0.25, 0.3) is 0 Å². The summed E-state index contributed by atoms with van der Waals surface area (Å²) in [5.74, 6) is 0.511. The van der Waals surface area contributed by atoms with Crippen LogP contribution in [0.4, 0.5) is 0 Å². The quantitative estimate of drug-likeness (QED) is 0.801. The molecule has 0 atom stereocenters. The van der Waals surface area contributed by atoms with Gasteiger partial charge in [0.1, 0.15) is 11.3 Å². The van der Waals surface area contributed by atoms with Gasteiger partial charge in [-0.2, -0.15) is 0 Å². The fourth-order valence-electron chi connectivity index (χ4n) is 1.92. The van der Waals surface area contributed by atoms with Crippen molar-refractivity contribution < 1.29 is 18.7 Å². The molecule has 0 N–H and O–H groups in total. The van der Waals surface area contributed by atoms with Crippen molar-refractivity contribution in [3.63, 3.8) is 0 Å². The minimum Gasteiger partial charge on any atom is -0.465 e. The molecule has 2 aromatic rings. The number of furan rings is 1. The van der Waals surface area contributed by atoms with E-state index in [1.807, 2.05) is 26.8 Å². The Bertz CT molecular complexity index is 604. The van der Waals surface area contributed by atoms with Crippen LogP contribution < -0.4 is 0 Å². The molecule has 1 aromatic heterocycles. The van der Waals surface area contributed by atoms with Crippen LogP contribution in [-0.4, -0.2) is 25.3 Å². The topological polar surface area (TPSA) is 48.7 Å². The molecular formula is C16H20O4. The van der Waals surface area contributed by atoms with Gasteiger partial charge < -0.3 is 13.9 Å². The van der Waals surface area contributed by atoms with Gasteiger partial charge in [0.05, 0.1) is 24.9 Å². The van der Waals surface area contributed by atoms with Gasteiger partial charge in [-0.3, -0.25) is 0 Å². The monoisotopic (exact) mass is 276 g/mol. The molecule has 0 amide bonds. The number of benzene rings is 1. The molecule has 0 saturated heterocycles. The second-order valence-corrected chi connectivity index (χ2v) is 5.67. The van der Waals surface area contributed by atoms with E-state index in [1.165, 1.54) is 7.11 Å². The average molecular weight is 276 g/mol. The average Bonchev–Trinajstić information content (AvgIpc) is 2.77. The summed E-state index contributed by atoms with van der Waals surface area (Å²) >= 11 is 0. The highest BCUT2D eigenvalue weighted by Gasteiger charge is 2.12. The van der Waals surface area contributed by atoms with E-state index in [2.05, 4.69) is 0 Å². The molecule has 1 heterocycles. The van der Waals surface area contributed by atoms with Gasteiger partial charge in [-0.05, 0) is 45.0 Å². The summed E-state index contributed by atoms with van der Waals surface area (Å²) in [7, 11) is 1.37. The fourth-order valence-corrected chi connectivity index (χ4v) is 1.92. The highest BCUT2D eigenvalue weighted by atomic mass is 16.5. The third-order valence-electron chi connectivity index (χ3n) is 2.87. The Balaban J connectivity index is 2.11. The predicted octanol–water partition coefficient (Wildman–Crippen LogP) is 3.58. The number of carbonyl (C=O) groups excluding carboxylic acids is 1. The SMILES string of the molecule is COC(=O)c1ccc2oc(CCOC(C)(C)C)cc2c1. The lowest BCUT2D eigenvalue weighted by molar-refractivity contribution is -0.00234. The van der Waals surface area contributed by atoms with Crippen LogP contribution in [0, 0.1) is 0 Å². The fraction of sp³-hybridized carbons (Fsp3) is 0.438. The molecule has 4 nitrogen and oxygen atoms in total. The standard InChI is InChI=1S/C16H20O4/c1-16(2,3)19-8-7-13-10-12-9-11(15(17)18-4)5-6-14(12)20-13/h5-6,9-10H,7-8H2,1-4H3. The molecule has 0 aliphatic carbocycles. The van der Waals surface area contributed by atoms with Crippen LogP contribution in [0.15, 0.2) is 28.7 Å². The lowest BCUT2D eigenvalue weighted by Gasteiger charge is -2.18. The number of fused-ring (bicyclic) bond motifs is 1. The number of methoxy groups -OCH3 is 1. The zero-order chi connectivity index (χ0) is 14.8. The summed E-state index contributed by atoms with van der Waals surface area (Å²) in [6.45, 7) is 6.67. The predicted molar refractivity (Wildman–Crippen MR) is 77.0 cm³/mol. The largest absolute Gasteiger partial charge is 0.465 e. The van der Waals surface area contributed by atoms with Crippen LogP contribution in [-0.2, 0) is 15.9 Å². The Morgan fingerprint density at radius 2 is 2.00 bits per heavy atom. The molecule has 4 heteroatoms. The molecule has 2 rings (SSSR count). The minimum absolute atomic E-state index is 0.149. The summed E-state index contributed by atoms with van der Waals surface area (Å²) in [5.41, 5.74) is 1.14. The summed E-state index contributed by atoms with van der Waals surface area (Å²) in [6.07, 6.45) is 0.708. The van der Waals surface area contributed by atoms with Crippen molar-refractivity contribution in [1.82, 2.24) is 0 Å². The third-order valence-corrected chi connectivity index (χ3v) is 2.87. The van der Waals surface area contributed by atoms with E-state index < -0.39 is 0 Å². The Morgan fingerprint density at radius 3 is 2.65 bits per heavy atom. The second-order valence-electron chi connectivity index (χ2n) is 5.67. The molecule has 0 bridgehead atoms. The molecule has 0 radical (unpaired) electrons. The molecule has 1 aromatic carbocycles. The number of rotatable bonds is 4. The Labute approximate surface area is 118 Å². The van der Waals surface area contributed by atoms with E-state index in [9.17, 15) is 4.79 Å². The van der Waals surface area contributed by atoms with Crippen molar-refractivity contribution in [3.8, 4) is 0 Å². The molecule has 0 saturated carbocycles. The number of ether oxygens (including phenoxy) is 2. The van der Waals surface area contributed by atoms with Gasteiger partial charge in [0.2, 0.25) is 0 Å². The van der Waals surface area contributed by atoms with E-state index in [4.69, 9.17) is 13.9 Å². The number of hydrogen-bond acceptors (Lipinski definition) is 4. The van der Waals surface area contributed by atoms with Crippen LogP contribution in [0.2, 0.25) is 0 Å². The smallest absolute Gasteiger partial charge is 0.337 e. The van der Waals surface area contributed by atoms with Gasteiger partial charge in [0, 0.05) is 11.8 Å². The van der Waals surface area contributed by atoms with Crippen molar-refractivity contribution >= 4 is 16.9 Å². The maximum absolute atomic E-state index is 11.5.